The van der Waals surface area contributed by atoms with Crippen LogP contribution in [-0.2, 0) is 16.0 Å². The van der Waals surface area contributed by atoms with E-state index in [0.29, 0.717) is 18.5 Å². The predicted molar refractivity (Wildman–Crippen MR) is 96.8 cm³/mol. The lowest BCUT2D eigenvalue weighted by Crippen LogP contribution is -2.30. The largest absolute Gasteiger partial charge is 0.457 e. The summed E-state index contributed by atoms with van der Waals surface area (Å²) in [7, 11) is 0. The van der Waals surface area contributed by atoms with Crippen molar-refractivity contribution in [1.29, 1.82) is 0 Å². The molecule has 2 aromatic carbocycles. The number of Topliss-reactive ketones (excluding diaryl/α,β-unsaturated/α-hetero) is 1. The second-order valence-electron chi connectivity index (χ2n) is 6.18. The van der Waals surface area contributed by atoms with Crippen LogP contribution in [0.4, 0.5) is 4.79 Å². The van der Waals surface area contributed by atoms with Crippen LogP contribution in [0, 0.1) is 0 Å². The number of urea groups is 1. The fourth-order valence-corrected chi connectivity index (χ4v) is 3.04. The van der Waals surface area contributed by atoms with E-state index in [1.165, 1.54) is 11.1 Å². The van der Waals surface area contributed by atoms with Crippen LogP contribution < -0.4 is 11.1 Å². The first-order valence-corrected chi connectivity index (χ1v) is 8.48. The number of primary amides is 1. The lowest BCUT2D eigenvalue weighted by Gasteiger charge is -2.07. The fourth-order valence-electron chi connectivity index (χ4n) is 3.04. The van der Waals surface area contributed by atoms with Crippen LogP contribution in [-0.4, -0.2) is 30.9 Å². The van der Waals surface area contributed by atoms with E-state index < -0.39 is 12.0 Å². The van der Waals surface area contributed by atoms with Crippen LogP contribution in [0.5, 0.6) is 0 Å². The van der Waals surface area contributed by atoms with E-state index in [-0.39, 0.29) is 18.8 Å². The van der Waals surface area contributed by atoms with Crippen molar-refractivity contribution in [2.45, 2.75) is 19.3 Å². The van der Waals surface area contributed by atoms with E-state index in [1.54, 1.807) is 6.07 Å². The van der Waals surface area contributed by atoms with E-state index in [2.05, 4.69) is 17.4 Å². The molecule has 3 rings (SSSR count). The number of rotatable bonds is 7. The predicted octanol–water partition coefficient (Wildman–Crippen LogP) is 2.43. The normalized spacial score (nSPS) is 11.4. The van der Waals surface area contributed by atoms with Crippen molar-refractivity contribution in [2.75, 3.05) is 13.2 Å². The highest BCUT2D eigenvalue weighted by Crippen LogP contribution is 2.36. The molecule has 0 atom stereocenters. The zero-order valence-electron chi connectivity index (χ0n) is 14.3. The monoisotopic (exact) mass is 352 g/mol. The number of amides is 2. The van der Waals surface area contributed by atoms with Crippen LogP contribution in [0.1, 0.15) is 34.3 Å². The Morgan fingerprint density at radius 3 is 2.62 bits per heavy atom. The molecular weight excluding hydrogens is 332 g/mol. The third-order valence-electron chi connectivity index (χ3n) is 4.34. The van der Waals surface area contributed by atoms with Crippen LogP contribution in [0.2, 0.25) is 0 Å². The lowest BCUT2D eigenvalue weighted by atomic mass is 10.0. The Balaban J connectivity index is 1.55. The smallest absolute Gasteiger partial charge is 0.312 e. The molecule has 3 N–H and O–H groups in total. The highest BCUT2D eigenvalue weighted by Gasteiger charge is 2.19. The Labute approximate surface area is 151 Å². The molecule has 0 aliphatic heterocycles. The van der Waals surface area contributed by atoms with Gasteiger partial charge < -0.3 is 15.8 Å². The summed E-state index contributed by atoms with van der Waals surface area (Å²) in [5.74, 6) is -0.711. The number of carbonyl (C=O) groups excluding carboxylic acids is 3. The maximum Gasteiger partial charge on any atom is 0.312 e. The summed E-state index contributed by atoms with van der Waals surface area (Å²) in [6, 6.07) is 13.1. The molecule has 0 unspecified atom stereocenters. The van der Waals surface area contributed by atoms with Crippen molar-refractivity contribution in [1.82, 2.24) is 5.32 Å². The number of ketones is 1. The van der Waals surface area contributed by atoms with Crippen molar-refractivity contribution in [3.63, 3.8) is 0 Å². The van der Waals surface area contributed by atoms with Crippen molar-refractivity contribution < 1.29 is 19.1 Å². The van der Waals surface area contributed by atoms with Gasteiger partial charge in [0.2, 0.25) is 0 Å². The summed E-state index contributed by atoms with van der Waals surface area (Å²) in [6.45, 7) is 0.00509. The molecule has 0 fully saturated rings. The molecule has 0 saturated heterocycles. The zero-order valence-corrected chi connectivity index (χ0v) is 14.3. The Hall–Kier alpha value is -3.15. The zero-order chi connectivity index (χ0) is 18.5. The van der Waals surface area contributed by atoms with Gasteiger partial charge in [-0.2, -0.15) is 0 Å². The maximum absolute atomic E-state index is 12.3. The molecule has 2 aromatic rings. The standard InChI is InChI=1S/C20H20N2O4/c21-20(25)22-9-3-6-19(24)26-12-18(23)15-8-7-14-10-13-4-1-2-5-16(13)17(14)11-15/h1-2,4-5,7-8,11H,3,6,9-10,12H2,(H3,21,22,25). The molecule has 0 heterocycles. The van der Waals surface area contributed by atoms with Crippen molar-refractivity contribution in [3.8, 4) is 11.1 Å². The van der Waals surface area contributed by atoms with Gasteiger partial charge >= 0.3 is 12.0 Å². The molecule has 0 saturated carbocycles. The van der Waals surface area contributed by atoms with Crippen molar-refractivity contribution >= 4 is 17.8 Å². The average Bonchev–Trinajstić information content (AvgIpc) is 3.01. The summed E-state index contributed by atoms with van der Waals surface area (Å²) in [5, 5.41) is 2.39. The Morgan fingerprint density at radius 1 is 1.04 bits per heavy atom. The summed E-state index contributed by atoms with van der Waals surface area (Å²) < 4.78 is 5.02. The molecule has 2 amide bonds. The first-order valence-electron chi connectivity index (χ1n) is 8.48. The molecular formula is C20H20N2O4. The van der Waals surface area contributed by atoms with Crippen LogP contribution in [0.25, 0.3) is 11.1 Å². The minimum atomic E-state index is -0.633. The number of nitrogens with two attached hydrogens (primary N) is 1. The Bertz CT molecular complexity index is 861. The molecule has 0 bridgehead atoms. The van der Waals surface area contributed by atoms with Gasteiger partial charge in [-0.3, -0.25) is 9.59 Å². The van der Waals surface area contributed by atoms with E-state index in [9.17, 15) is 14.4 Å². The number of nitrogens with one attached hydrogen (secondary N) is 1. The summed E-state index contributed by atoms with van der Waals surface area (Å²) in [5.41, 5.74) is 10.1. The molecule has 0 radical (unpaired) electrons. The second-order valence-corrected chi connectivity index (χ2v) is 6.18. The third kappa shape index (κ3) is 4.08. The fraction of sp³-hybridized carbons (Fsp3) is 0.250. The number of hydrogen-bond acceptors (Lipinski definition) is 4. The Kier molecular flexibility index (Phi) is 5.31. The number of carbonyl (C=O) groups is 3. The van der Waals surface area contributed by atoms with Crippen molar-refractivity contribution in [3.05, 3.63) is 59.2 Å². The average molecular weight is 352 g/mol. The van der Waals surface area contributed by atoms with Gasteiger partial charge in [-0.05, 0) is 41.2 Å². The highest BCUT2D eigenvalue weighted by molar-refractivity contribution is 5.99. The van der Waals surface area contributed by atoms with E-state index in [0.717, 1.165) is 17.5 Å². The van der Waals surface area contributed by atoms with Crippen molar-refractivity contribution in [2.24, 2.45) is 5.73 Å². The third-order valence-corrected chi connectivity index (χ3v) is 4.34. The Morgan fingerprint density at radius 2 is 1.81 bits per heavy atom. The van der Waals surface area contributed by atoms with Crippen LogP contribution in [0.3, 0.4) is 0 Å². The van der Waals surface area contributed by atoms with E-state index in [1.807, 2.05) is 24.3 Å². The van der Waals surface area contributed by atoms with Gasteiger partial charge in [0.1, 0.15) is 0 Å². The summed E-state index contributed by atoms with van der Waals surface area (Å²) >= 11 is 0. The quantitative estimate of drug-likeness (QED) is 0.387. The molecule has 1 aliphatic rings. The first kappa shape index (κ1) is 17.7. The minimum absolute atomic E-state index is 0.116. The lowest BCUT2D eigenvalue weighted by molar-refractivity contribution is -0.142. The molecule has 26 heavy (non-hydrogen) atoms. The SMILES string of the molecule is NC(=O)NCCCC(=O)OCC(=O)c1ccc2c(c1)-c1ccccc1C2. The van der Waals surface area contributed by atoms with Gasteiger partial charge in [-0.25, -0.2) is 4.79 Å². The van der Waals surface area contributed by atoms with Gasteiger partial charge in [0.05, 0.1) is 0 Å². The molecule has 1 aliphatic carbocycles. The number of fused-ring (bicyclic) bond motifs is 3. The topological polar surface area (TPSA) is 98.5 Å². The van der Waals surface area contributed by atoms with E-state index >= 15 is 0 Å². The van der Waals surface area contributed by atoms with Crippen LogP contribution >= 0.6 is 0 Å². The van der Waals surface area contributed by atoms with Crippen LogP contribution in [0.15, 0.2) is 42.5 Å². The molecule has 6 heteroatoms. The van der Waals surface area contributed by atoms with Gasteiger partial charge in [0, 0.05) is 18.5 Å². The molecule has 0 aromatic heterocycles. The van der Waals surface area contributed by atoms with Gasteiger partial charge in [-0.1, -0.05) is 36.4 Å². The van der Waals surface area contributed by atoms with E-state index in [4.69, 9.17) is 10.5 Å². The van der Waals surface area contributed by atoms with Gasteiger partial charge in [0.25, 0.3) is 0 Å². The summed E-state index contributed by atoms with van der Waals surface area (Å²) in [4.78, 5) is 34.5. The van der Waals surface area contributed by atoms with Gasteiger partial charge in [0.15, 0.2) is 12.4 Å². The molecule has 6 nitrogen and oxygen atoms in total. The number of esters is 1. The number of ether oxygens (including phenoxy) is 1. The second kappa shape index (κ2) is 7.82. The summed E-state index contributed by atoms with van der Waals surface area (Å²) in [6.07, 6.45) is 1.39. The number of benzene rings is 2. The maximum atomic E-state index is 12.3. The number of hydrogen-bond donors (Lipinski definition) is 2. The minimum Gasteiger partial charge on any atom is -0.457 e. The molecule has 0 spiro atoms. The van der Waals surface area contributed by atoms with Gasteiger partial charge in [-0.15, -0.1) is 0 Å². The first-order chi connectivity index (χ1) is 12.5. The highest BCUT2D eigenvalue weighted by atomic mass is 16.5. The molecule has 134 valence electrons.